The zero-order valence-electron chi connectivity index (χ0n) is 22.5. The quantitative estimate of drug-likeness (QED) is 0.441. The second-order valence-electron chi connectivity index (χ2n) is 11.9. The number of fused-ring (bicyclic) bond motifs is 4. The average Bonchev–Trinajstić information content (AvgIpc) is 3.73. The molecule has 1 N–H and O–H groups in total. The zero-order valence-corrected chi connectivity index (χ0v) is 22.5. The average molecular weight is 494 g/mol. The maximum atomic E-state index is 13.1. The predicted octanol–water partition coefficient (Wildman–Crippen LogP) is 5.96. The van der Waals surface area contributed by atoms with Gasteiger partial charge in [-0.2, -0.15) is 0 Å². The second-order valence-corrected chi connectivity index (χ2v) is 11.9. The highest BCUT2D eigenvalue weighted by atomic mass is 16.1. The first kappa shape index (κ1) is 24.4. The normalized spacial score (nSPS) is 24.9. The molecule has 1 amide bonds. The molecule has 37 heavy (non-hydrogen) atoms. The van der Waals surface area contributed by atoms with Gasteiger partial charge in [0.25, 0.3) is 5.91 Å². The summed E-state index contributed by atoms with van der Waals surface area (Å²) in [4.78, 5) is 20.3. The number of nitrogens with one attached hydrogen (secondary N) is 1. The molecule has 2 aromatic carbocycles. The summed E-state index contributed by atoms with van der Waals surface area (Å²) >= 11 is 0. The van der Waals surface area contributed by atoms with Crippen molar-refractivity contribution in [1.82, 2.24) is 15.2 Å². The van der Waals surface area contributed by atoms with Crippen LogP contribution in [-0.4, -0.2) is 41.5 Å². The molecule has 192 valence electrons. The maximum absolute atomic E-state index is 13.1. The molecule has 1 aromatic heterocycles. The minimum absolute atomic E-state index is 0.0368. The number of aryl methyl sites for hydroxylation is 1. The molecular formula is C33H39N3O. The number of amides is 1. The highest BCUT2D eigenvalue weighted by Gasteiger charge is 2.49. The van der Waals surface area contributed by atoms with E-state index < -0.39 is 0 Å². The molecule has 0 spiro atoms. The summed E-state index contributed by atoms with van der Waals surface area (Å²) < 4.78 is 0. The van der Waals surface area contributed by atoms with Gasteiger partial charge in [-0.3, -0.25) is 14.7 Å². The van der Waals surface area contributed by atoms with Crippen molar-refractivity contribution in [2.75, 3.05) is 19.6 Å². The van der Waals surface area contributed by atoms with E-state index in [1.807, 2.05) is 25.3 Å². The fraction of sp³-hybridized carbons (Fsp3) is 0.455. The van der Waals surface area contributed by atoms with E-state index in [4.69, 9.17) is 0 Å². The molecule has 1 saturated carbocycles. The van der Waals surface area contributed by atoms with Crippen LogP contribution >= 0.6 is 0 Å². The van der Waals surface area contributed by atoms with E-state index in [-0.39, 0.29) is 11.3 Å². The highest BCUT2D eigenvalue weighted by molar-refractivity contribution is 5.94. The lowest BCUT2D eigenvalue weighted by Crippen LogP contribution is -2.58. The topological polar surface area (TPSA) is 45.2 Å². The number of carbonyl (C=O) groups excluding carboxylic acids is 1. The summed E-state index contributed by atoms with van der Waals surface area (Å²) in [6, 6.07) is 19.8. The summed E-state index contributed by atoms with van der Waals surface area (Å²) in [7, 11) is 0. The molecule has 2 fully saturated rings. The molecule has 4 heteroatoms. The molecule has 3 aromatic rings. The second kappa shape index (κ2) is 9.72. The summed E-state index contributed by atoms with van der Waals surface area (Å²) in [6.07, 6.45) is 7.87. The lowest BCUT2D eigenvalue weighted by atomic mass is 9.59. The Labute approximate surface area is 221 Å². The van der Waals surface area contributed by atoms with Crippen molar-refractivity contribution in [3.05, 3.63) is 88.7 Å². The Morgan fingerprint density at radius 1 is 1.08 bits per heavy atom. The van der Waals surface area contributed by atoms with Crippen LogP contribution in [0, 0.1) is 18.8 Å². The van der Waals surface area contributed by atoms with Crippen LogP contribution in [0.5, 0.6) is 0 Å². The molecule has 6 rings (SSSR count). The fourth-order valence-corrected chi connectivity index (χ4v) is 6.63. The third-order valence-electron chi connectivity index (χ3n) is 9.47. The van der Waals surface area contributed by atoms with E-state index in [0.717, 1.165) is 41.1 Å². The van der Waals surface area contributed by atoms with Crippen molar-refractivity contribution >= 4 is 5.91 Å². The molecule has 3 aliphatic rings. The Morgan fingerprint density at radius 3 is 2.59 bits per heavy atom. The Hall–Kier alpha value is -2.98. The largest absolute Gasteiger partial charge is 0.352 e. The molecular weight excluding hydrogens is 454 g/mol. The monoisotopic (exact) mass is 493 g/mol. The zero-order chi connectivity index (χ0) is 25.6. The number of hydrogen-bond donors (Lipinski definition) is 1. The summed E-state index contributed by atoms with van der Waals surface area (Å²) in [5.41, 5.74) is 8.36. The molecule has 1 saturated heterocycles. The summed E-state index contributed by atoms with van der Waals surface area (Å²) in [5.74, 6) is 1.59. The van der Waals surface area contributed by atoms with E-state index in [1.54, 1.807) is 0 Å². The SMILES string of the molecule is Cc1ccc(-c2ccc(CCNC(=O)c3ccc4c(c3)[C@@]3(C)CCN(CC5CC5)C(C4)C3C)cc2)cn1. The van der Waals surface area contributed by atoms with Crippen LogP contribution in [-0.2, 0) is 18.3 Å². The number of rotatable bonds is 7. The number of piperidine rings is 1. The maximum Gasteiger partial charge on any atom is 0.251 e. The van der Waals surface area contributed by atoms with E-state index in [2.05, 4.69) is 71.5 Å². The minimum Gasteiger partial charge on any atom is -0.352 e. The molecule has 2 aliphatic carbocycles. The van der Waals surface area contributed by atoms with Crippen LogP contribution in [0.3, 0.4) is 0 Å². The van der Waals surface area contributed by atoms with Gasteiger partial charge in [0.15, 0.2) is 0 Å². The van der Waals surface area contributed by atoms with E-state index in [1.165, 1.54) is 49.0 Å². The summed E-state index contributed by atoms with van der Waals surface area (Å²) in [6.45, 7) is 9.99. The Bertz CT molecular complexity index is 1280. The first-order chi connectivity index (χ1) is 17.9. The van der Waals surface area contributed by atoms with E-state index >= 15 is 0 Å². The van der Waals surface area contributed by atoms with Gasteiger partial charge >= 0.3 is 0 Å². The lowest BCUT2D eigenvalue weighted by molar-refractivity contribution is 0.0284. The molecule has 2 unspecified atom stereocenters. The first-order valence-corrected chi connectivity index (χ1v) is 14.1. The third-order valence-corrected chi connectivity index (χ3v) is 9.47. The van der Waals surface area contributed by atoms with Crippen molar-refractivity contribution in [2.24, 2.45) is 11.8 Å². The van der Waals surface area contributed by atoms with Crippen LogP contribution in [0.4, 0.5) is 0 Å². The molecule has 2 bridgehead atoms. The van der Waals surface area contributed by atoms with E-state index in [9.17, 15) is 4.79 Å². The number of carbonyl (C=O) groups is 1. The fourth-order valence-electron chi connectivity index (χ4n) is 6.63. The molecule has 1 aliphatic heterocycles. The van der Waals surface area contributed by atoms with Crippen LogP contribution in [0.1, 0.15) is 65.9 Å². The van der Waals surface area contributed by atoms with Crippen LogP contribution in [0.15, 0.2) is 60.8 Å². The molecule has 0 radical (unpaired) electrons. The van der Waals surface area contributed by atoms with Gasteiger partial charge in [-0.25, -0.2) is 0 Å². The number of benzene rings is 2. The Kier molecular flexibility index (Phi) is 6.40. The van der Waals surface area contributed by atoms with Crippen LogP contribution in [0.2, 0.25) is 0 Å². The van der Waals surface area contributed by atoms with Crippen LogP contribution < -0.4 is 5.32 Å². The highest BCUT2D eigenvalue weighted by Crippen LogP contribution is 2.49. The number of hydrogen-bond acceptors (Lipinski definition) is 3. The van der Waals surface area contributed by atoms with Crippen LogP contribution in [0.25, 0.3) is 11.1 Å². The van der Waals surface area contributed by atoms with Gasteiger partial charge in [-0.05, 0) is 103 Å². The predicted molar refractivity (Wildman–Crippen MR) is 150 cm³/mol. The van der Waals surface area contributed by atoms with Crippen molar-refractivity contribution in [1.29, 1.82) is 0 Å². The van der Waals surface area contributed by atoms with Gasteiger partial charge in [-0.1, -0.05) is 50.2 Å². The van der Waals surface area contributed by atoms with Crippen molar-refractivity contribution in [2.45, 2.75) is 64.3 Å². The Balaban J connectivity index is 1.09. The molecule has 4 nitrogen and oxygen atoms in total. The molecule has 2 heterocycles. The first-order valence-electron chi connectivity index (χ1n) is 14.1. The lowest BCUT2D eigenvalue weighted by Gasteiger charge is -2.55. The van der Waals surface area contributed by atoms with Gasteiger partial charge in [0.2, 0.25) is 0 Å². The summed E-state index contributed by atoms with van der Waals surface area (Å²) in [5, 5.41) is 3.16. The van der Waals surface area contributed by atoms with Crippen molar-refractivity contribution in [3.63, 3.8) is 0 Å². The standard InChI is InChI=1S/C33H39N3O/c1-22-4-9-29(20-35-22)26-10-7-24(8-11-26)14-16-34-32(37)28-13-12-27-19-31-23(2)33(3,30(27)18-28)15-17-36(31)21-25-5-6-25/h4,7-13,18,20,23,25,31H,5-6,14-17,19,21H2,1-3H3,(H,34,37)/t23?,31?,33-/m0/s1. The minimum atomic E-state index is 0.0368. The van der Waals surface area contributed by atoms with Gasteiger partial charge in [-0.15, -0.1) is 0 Å². The number of aromatic nitrogens is 1. The number of likely N-dealkylation sites (tertiary alicyclic amines) is 1. The van der Waals surface area contributed by atoms with Gasteiger partial charge in [0, 0.05) is 42.1 Å². The van der Waals surface area contributed by atoms with Gasteiger partial charge < -0.3 is 5.32 Å². The van der Waals surface area contributed by atoms with Crippen molar-refractivity contribution in [3.8, 4) is 11.1 Å². The van der Waals surface area contributed by atoms with E-state index in [0.29, 0.717) is 18.5 Å². The molecule has 3 atom stereocenters. The number of pyridine rings is 1. The number of nitrogens with zero attached hydrogens (tertiary/aromatic N) is 2. The van der Waals surface area contributed by atoms with Crippen molar-refractivity contribution < 1.29 is 4.79 Å². The Morgan fingerprint density at radius 2 is 1.86 bits per heavy atom. The van der Waals surface area contributed by atoms with Gasteiger partial charge in [0.05, 0.1) is 0 Å². The van der Waals surface area contributed by atoms with Gasteiger partial charge in [0.1, 0.15) is 0 Å². The third kappa shape index (κ3) is 4.84. The smallest absolute Gasteiger partial charge is 0.251 e.